The lowest BCUT2D eigenvalue weighted by atomic mass is 9.99. The van der Waals surface area contributed by atoms with E-state index in [1.807, 2.05) is 0 Å². The summed E-state index contributed by atoms with van der Waals surface area (Å²) in [5, 5.41) is 9.99. The van der Waals surface area contributed by atoms with E-state index in [9.17, 15) is 0 Å². The molecule has 53 heavy (non-hydrogen) atoms. The van der Waals surface area contributed by atoms with Crippen LogP contribution < -0.4 is 4.90 Å². The van der Waals surface area contributed by atoms with Crippen LogP contribution in [0.5, 0.6) is 0 Å². The van der Waals surface area contributed by atoms with Crippen LogP contribution in [0.3, 0.4) is 0 Å². The standard InChI is InChI=1S/C50H33N3/c1-2-14-39-34(13-1)33-50(41-16-4-3-15-40(39)41)51(35-25-29-37(30-26-35)52-46-21-9-5-17-42(46)43-18-6-10-22-47(43)52)36-27-31-38(32-28-36)53-48-23-11-7-19-44(48)45-20-8-12-24-49(45)53/h1-33H. The van der Waals surface area contributed by atoms with Crippen LogP contribution in [0.1, 0.15) is 0 Å². The summed E-state index contributed by atoms with van der Waals surface area (Å²) in [7, 11) is 0. The molecule has 0 aliphatic carbocycles. The summed E-state index contributed by atoms with van der Waals surface area (Å²) in [6.45, 7) is 0. The number of hydrogen-bond acceptors (Lipinski definition) is 1. The number of anilines is 3. The molecule has 0 fully saturated rings. The maximum atomic E-state index is 2.42. The van der Waals surface area contributed by atoms with Crippen molar-refractivity contribution >= 4 is 82.2 Å². The summed E-state index contributed by atoms with van der Waals surface area (Å²) in [5.41, 5.74) is 10.4. The Labute approximate surface area is 306 Å². The van der Waals surface area contributed by atoms with Crippen molar-refractivity contribution in [2.45, 2.75) is 0 Å². The minimum Gasteiger partial charge on any atom is -0.310 e. The van der Waals surface area contributed by atoms with Gasteiger partial charge in [0.05, 0.1) is 27.8 Å². The van der Waals surface area contributed by atoms with Gasteiger partial charge in [-0.05, 0) is 95.0 Å². The lowest BCUT2D eigenvalue weighted by Crippen LogP contribution is -2.11. The number of hydrogen-bond donors (Lipinski definition) is 0. The smallest absolute Gasteiger partial charge is 0.0546 e. The molecule has 0 spiro atoms. The Balaban J connectivity index is 1.11. The van der Waals surface area contributed by atoms with Crippen molar-refractivity contribution in [1.29, 1.82) is 0 Å². The third-order valence-corrected chi connectivity index (χ3v) is 10.9. The molecule has 3 heteroatoms. The van der Waals surface area contributed by atoms with Gasteiger partial charge in [0.2, 0.25) is 0 Å². The van der Waals surface area contributed by atoms with Crippen molar-refractivity contribution in [2.24, 2.45) is 0 Å². The monoisotopic (exact) mass is 675 g/mol. The van der Waals surface area contributed by atoms with Crippen LogP contribution in [0, 0.1) is 0 Å². The first-order valence-electron chi connectivity index (χ1n) is 18.2. The van der Waals surface area contributed by atoms with Gasteiger partial charge < -0.3 is 14.0 Å². The molecule has 0 N–H and O–H groups in total. The van der Waals surface area contributed by atoms with Crippen molar-refractivity contribution in [1.82, 2.24) is 9.13 Å². The van der Waals surface area contributed by atoms with Crippen molar-refractivity contribution in [3.63, 3.8) is 0 Å². The Hall–Kier alpha value is -7.10. The van der Waals surface area contributed by atoms with Gasteiger partial charge in [-0.25, -0.2) is 0 Å². The number of aromatic nitrogens is 2. The van der Waals surface area contributed by atoms with Crippen LogP contribution in [0.4, 0.5) is 17.1 Å². The molecule has 0 saturated heterocycles. The van der Waals surface area contributed by atoms with E-state index in [2.05, 4.69) is 214 Å². The van der Waals surface area contributed by atoms with Gasteiger partial charge in [-0.1, -0.05) is 121 Å². The van der Waals surface area contributed by atoms with E-state index in [0.717, 1.165) is 28.4 Å². The molecule has 0 amide bonds. The van der Waals surface area contributed by atoms with Crippen molar-refractivity contribution < 1.29 is 0 Å². The highest BCUT2D eigenvalue weighted by Crippen LogP contribution is 2.43. The highest BCUT2D eigenvalue weighted by molar-refractivity contribution is 6.15. The molecule has 0 atom stereocenters. The average Bonchev–Trinajstić information content (AvgIpc) is 3.75. The second kappa shape index (κ2) is 11.7. The molecule has 11 aromatic rings. The molecular formula is C50H33N3. The fraction of sp³-hybridized carbons (Fsp3) is 0. The van der Waals surface area contributed by atoms with Crippen molar-refractivity contribution in [3.05, 3.63) is 200 Å². The SMILES string of the molecule is c1ccc2c(c1)cc(N(c1ccc(-n3c4ccccc4c4ccccc43)cc1)c1ccc(-n3c4ccccc4c4ccccc43)cc1)c1ccccc12. The number of para-hydroxylation sites is 4. The first-order chi connectivity index (χ1) is 26.3. The third kappa shape index (κ3) is 4.54. The predicted molar refractivity (Wildman–Crippen MR) is 225 cm³/mol. The number of fused-ring (bicyclic) bond motifs is 9. The zero-order valence-corrected chi connectivity index (χ0v) is 28.9. The van der Waals surface area contributed by atoms with E-state index in [1.165, 1.54) is 65.2 Å². The zero-order valence-electron chi connectivity index (χ0n) is 28.9. The van der Waals surface area contributed by atoms with Crippen LogP contribution in [0.2, 0.25) is 0 Å². The zero-order chi connectivity index (χ0) is 34.9. The molecule has 0 saturated carbocycles. The molecule has 11 rings (SSSR count). The molecule has 2 heterocycles. The Bertz CT molecular complexity index is 2900. The molecule has 248 valence electrons. The van der Waals surface area contributed by atoms with Crippen molar-refractivity contribution in [2.75, 3.05) is 4.90 Å². The maximum absolute atomic E-state index is 2.42. The normalized spacial score (nSPS) is 11.8. The molecule has 2 aromatic heterocycles. The van der Waals surface area contributed by atoms with E-state index in [1.54, 1.807) is 0 Å². The molecule has 3 nitrogen and oxygen atoms in total. The van der Waals surface area contributed by atoms with E-state index in [4.69, 9.17) is 0 Å². The number of nitrogens with zero attached hydrogens (tertiary/aromatic N) is 3. The second-order valence-electron chi connectivity index (χ2n) is 13.8. The molecule has 9 aromatic carbocycles. The third-order valence-electron chi connectivity index (χ3n) is 10.9. The number of rotatable bonds is 5. The van der Waals surface area contributed by atoms with Gasteiger partial charge in [-0.15, -0.1) is 0 Å². The summed E-state index contributed by atoms with van der Waals surface area (Å²) in [6.07, 6.45) is 0. The first-order valence-corrected chi connectivity index (χ1v) is 18.2. The van der Waals surface area contributed by atoms with Crippen molar-refractivity contribution in [3.8, 4) is 11.4 Å². The summed E-state index contributed by atoms with van der Waals surface area (Å²) >= 11 is 0. The van der Waals surface area contributed by atoms with Crippen LogP contribution >= 0.6 is 0 Å². The highest BCUT2D eigenvalue weighted by Gasteiger charge is 2.19. The molecule has 0 unspecified atom stereocenters. The van der Waals surface area contributed by atoms with Crippen LogP contribution in [0.25, 0.3) is 76.5 Å². The Morgan fingerprint density at radius 2 is 0.623 bits per heavy atom. The fourth-order valence-electron chi connectivity index (χ4n) is 8.55. The van der Waals surface area contributed by atoms with E-state index in [-0.39, 0.29) is 0 Å². The lowest BCUT2D eigenvalue weighted by Gasteiger charge is -2.28. The predicted octanol–water partition coefficient (Wildman–Crippen LogP) is 13.7. The Kier molecular flexibility index (Phi) is 6.55. The minimum absolute atomic E-state index is 1.10. The summed E-state index contributed by atoms with van der Waals surface area (Å²) < 4.78 is 4.76. The maximum Gasteiger partial charge on any atom is 0.0546 e. The van der Waals surface area contributed by atoms with Crippen LogP contribution in [-0.2, 0) is 0 Å². The fourth-order valence-corrected chi connectivity index (χ4v) is 8.55. The van der Waals surface area contributed by atoms with Gasteiger partial charge in [0.1, 0.15) is 0 Å². The topological polar surface area (TPSA) is 13.1 Å². The lowest BCUT2D eigenvalue weighted by molar-refractivity contribution is 1.17. The quantitative estimate of drug-likeness (QED) is 0.166. The van der Waals surface area contributed by atoms with Gasteiger partial charge in [0.15, 0.2) is 0 Å². The molecule has 0 radical (unpaired) electrons. The van der Waals surface area contributed by atoms with Gasteiger partial charge in [0.25, 0.3) is 0 Å². The van der Waals surface area contributed by atoms with E-state index < -0.39 is 0 Å². The molecule has 0 aliphatic rings. The van der Waals surface area contributed by atoms with Crippen LogP contribution in [-0.4, -0.2) is 9.13 Å². The molecule has 0 aliphatic heterocycles. The van der Waals surface area contributed by atoms with Gasteiger partial charge in [-0.2, -0.15) is 0 Å². The molecular weight excluding hydrogens is 643 g/mol. The van der Waals surface area contributed by atoms with E-state index >= 15 is 0 Å². The number of benzene rings is 9. The Morgan fingerprint density at radius 1 is 0.283 bits per heavy atom. The Morgan fingerprint density at radius 3 is 1.06 bits per heavy atom. The summed E-state index contributed by atoms with van der Waals surface area (Å²) in [5.74, 6) is 0. The van der Waals surface area contributed by atoms with Gasteiger partial charge >= 0.3 is 0 Å². The van der Waals surface area contributed by atoms with Crippen LogP contribution in [0.15, 0.2) is 200 Å². The largest absolute Gasteiger partial charge is 0.310 e. The second-order valence-corrected chi connectivity index (χ2v) is 13.8. The minimum atomic E-state index is 1.10. The summed E-state index contributed by atoms with van der Waals surface area (Å²) in [6, 6.07) is 72.7. The summed E-state index contributed by atoms with van der Waals surface area (Å²) in [4.78, 5) is 2.42. The van der Waals surface area contributed by atoms with E-state index in [0.29, 0.717) is 0 Å². The van der Waals surface area contributed by atoms with Gasteiger partial charge in [-0.3, -0.25) is 0 Å². The van der Waals surface area contributed by atoms with Gasteiger partial charge in [0, 0.05) is 49.7 Å². The average molecular weight is 676 g/mol. The molecule has 0 bridgehead atoms. The first kappa shape index (κ1) is 29.6. The highest BCUT2D eigenvalue weighted by atomic mass is 15.1.